The van der Waals surface area contributed by atoms with Crippen LogP contribution in [-0.2, 0) is 0 Å². The Morgan fingerprint density at radius 2 is 2.12 bits per heavy atom. The molecule has 1 unspecified atom stereocenters. The Balaban J connectivity index is 1.74. The van der Waals surface area contributed by atoms with Crippen molar-refractivity contribution in [1.29, 1.82) is 0 Å². The third-order valence-electron chi connectivity index (χ3n) is 3.36. The third-order valence-corrected chi connectivity index (χ3v) is 4.31. The minimum absolute atomic E-state index is 0.507. The molecule has 1 heterocycles. The molecule has 1 aromatic rings. The Kier molecular flexibility index (Phi) is 4.51. The van der Waals surface area contributed by atoms with E-state index in [4.69, 9.17) is 4.42 Å². The van der Waals surface area contributed by atoms with Crippen LogP contribution in [0.2, 0.25) is 0 Å². The van der Waals surface area contributed by atoms with Gasteiger partial charge in [-0.05, 0) is 26.7 Å². The lowest BCUT2D eigenvalue weighted by molar-refractivity contribution is 0.429. The van der Waals surface area contributed by atoms with E-state index < -0.39 is 0 Å². The van der Waals surface area contributed by atoms with Crippen LogP contribution in [0.1, 0.15) is 44.1 Å². The van der Waals surface area contributed by atoms with Gasteiger partial charge in [0.2, 0.25) is 0 Å². The Bertz CT molecular complexity index is 339. The first-order chi connectivity index (χ1) is 8.15. The van der Waals surface area contributed by atoms with Gasteiger partial charge in [0.05, 0.1) is 5.69 Å². The van der Waals surface area contributed by atoms with Gasteiger partial charge in [-0.25, -0.2) is 4.98 Å². The van der Waals surface area contributed by atoms with Crippen LogP contribution in [0.4, 0.5) is 0 Å². The number of nitrogens with zero attached hydrogens (tertiary/aromatic N) is 1. The fourth-order valence-electron chi connectivity index (χ4n) is 2.17. The molecule has 0 aromatic carbocycles. The summed E-state index contributed by atoms with van der Waals surface area (Å²) in [5.74, 6) is 0.934. The number of nitrogens with one attached hydrogen (secondary N) is 1. The van der Waals surface area contributed by atoms with Crippen LogP contribution in [0, 0.1) is 13.8 Å². The molecule has 0 aliphatic heterocycles. The van der Waals surface area contributed by atoms with Gasteiger partial charge in [-0.15, -0.1) is 0 Å². The average molecular weight is 254 g/mol. The zero-order chi connectivity index (χ0) is 12.3. The van der Waals surface area contributed by atoms with E-state index in [-0.39, 0.29) is 0 Å². The molecule has 0 saturated heterocycles. The molecular weight excluding hydrogens is 232 g/mol. The van der Waals surface area contributed by atoms with E-state index >= 15 is 0 Å². The van der Waals surface area contributed by atoms with E-state index in [1.807, 2.05) is 13.8 Å². The van der Waals surface area contributed by atoms with Crippen LogP contribution in [0.5, 0.6) is 0 Å². The average Bonchev–Trinajstić information content (AvgIpc) is 2.87. The number of hydrogen-bond donors (Lipinski definition) is 1. The van der Waals surface area contributed by atoms with Crippen LogP contribution >= 0.6 is 11.8 Å². The smallest absolute Gasteiger partial charge is 0.256 e. The Morgan fingerprint density at radius 1 is 1.41 bits per heavy atom. The van der Waals surface area contributed by atoms with E-state index in [9.17, 15) is 0 Å². The minimum atomic E-state index is 0.507. The van der Waals surface area contributed by atoms with Crippen LogP contribution < -0.4 is 5.32 Å². The summed E-state index contributed by atoms with van der Waals surface area (Å²) < 4.78 is 5.58. The minimum Gasteiger partial charge on any atom is -0.437 e. The largest absolute Gasteiger partial charge is 0.437 e. The molecule has 2 rings (SSSR count). The maximum Gasteiger partial charge on any atom is 0.256 e. The second kappa shape index (κ2) is 5.91. The number of oxazole rings is 1. The summed E-state index contributed by atoms with van der Waals surface area (Å²) in [5.41, 5.74) is 1.00. The van der Waals surface area contributed by atoms with Crippen molar-refractivity contribution in [1.82, 2.24) is 10.3 Å². The van der Waals surface area contributed by atoms with Crippen LogP contribution in [0.25, 0.3) is 0 Å². The Hall–Kier alpha value is -0.480. The van der Waals surface area contributed by atoms with Gasteiger partial charge in [-0.1, -0.05) is 31.5 Å². The number of hydrogen-bond acceptors (Lipinski definition) is 4. The molecule has 0 bridgehead atoms. The molecule has 1 aromatic heterocycles. The summed E-state index contributed by atoms with van der Waals surface area (Å²) in [6, 6.07) is 0.742. The first-order valence-electron chi connectivity index (χ1n) is 6.49. The van der Waals surface area contributed by atoms with Crippen molar-refractivity contribution >= 4 is 11.8 Å². The van der Waals surface area contributed by atoms with Gasteiger partial charge < -0.3 is 9.73 Å². The zero-order valence-electron chi connectivity index (χ0n) is 11.0. The van der Waals surface area contributed by atoms with E-state index in [0.29, 0.717) is 5.25 Å². The van der Waals surface area contributed by atoms with E-state index in [0.717, 1.165) is 29.3 Å². The van der Waals surface area contributed by atoms with Gasteiger partial charge in [0.25, 0.3) is 5.22 Å². The number of thioether (sulfide) groups is 1. The summed E-state index contributed by atoms with van der Waals surface area (Å²) in [7, 11) is 0. The molecule has 1 aliphatic rings. The zero-order valence-corrected chi connectivity index (χ0v) is 11.8. The predicted octanol–water partition coefficient (Wildman–Crippen LogP) is 3.30. The maximum atomic E-state index is 5.58. The molecule has 1 aliphatic carbocycles. The van der Waals surface area contributed by atoms with E-state index in [2.05, 4.69) is 17.2 Å². The van der Waals surface area contributed by atoms with Crippen molar-refractivity contribution in [3.05, 3.63) is 11.5 Å². The van der Waals surface area contributed by atoms with Crippen molar-refractivity contribution in [2.24, 2.45) is 0 Å². The van der Waals surface area contributed by atoms with Gasteiger partial charge in [-0.2, -0.15) is 0 Å². The van der Waals surface area contributed by atoms with Crippen molar-refractivity contribution in [3.8, 4) is 0 Å². The summed E-state index contributed by atoms with van der Waals surface area (Å²) in [6.45, 7) is 7.22. The highest BCUT2D eigenvalue weighted by atomic mass is 32.2. The molecule has 17 heavy (non-hydrogen) atoms. The fraction of sp³-hybridized carbons (Fsp3) is 0.769. The predicted molar refractivity (Wildman–Crippen MR) is 71.6 cm³/mol. The second-order valence-corrected chi connectivity index (χ2v) is 6.33. The third kappa shape index (κ3) is 3.75. The molecular formula is C13H22N2OS. The highest BCUT2D eigenvalue weighted by Crippen LogP contribution is 2.25. The van der Waals surface area contributed by atoms with Crippen LogP contribution in [0.15, 0.2) is 9.64 Å². The standard InChI is InChI=1S/C13H22N2OS/c1-9(8-14-12-6-4-5-7-12)17-13-15-10(2)11(3)16-13/h9,12,14H,4-8H2,1-3H3. The summed E-state index contributed by atoms with van der Waals surface area (Å²) in [5, 5.41) is 4.95. The monoisotopic (exact) mass is 254 g/mol. The quantitative estimate of drug-likeness (QED) is 0.818. The van der Waals surface area contributed by atoms with E-state index in [1.165, 1.54) is 25.7 Å². The molecule has 0 spiro atoms. The van der Waals surface area contributed by atoms with Gasteiger partial charge in [0, 0.05) is 17.8 Å². The SMILES string of the molecule is Cc1nc(SC(C)CNC2CCCC2)oc1C. The second-order valence-electron chi connectivity index (χ2n) is 4.94. The Labute approximate surface area is 108 Å². The molecule has 1 fully saturated rings. The van der Waals surface area contributed by atoms with Gasteiger partial charge in [-0.3, -0.25) is 0 Å². The molecule has 1 atom stereocenters. The van der Waals surface area contributed by atoms with Crippen molar-refractivity contribution < 1.29 is 4.42 Å². The lowest BCUT2D eigenvalue weighted by Crippen LogP contribution is -2.31. The Morgan fingerprint density at radius 3 is 2.71 bits per heavy atom. The highest BCUT2D eigenvalue weighted by molar-refractivity contribution is 7.99. The van der Waals surface area contributed by atoms with Crippen LogP contribution in [-0.4, -0.2) is 22.8 Å². The van der Waals surface area contributed by atoms with Crippen LogP contribution in [0.3, 0.4) is 0 Å². The summed E-state index contributed by atoms with van der Waals surface area (Å²) >= 11 is 1.72. The topological polar surface area (TPSA) is 38.1 Å². The first-order valence-corrected chi connectivity index (χ1v) is 7.37. The molecule has 0 amide bonds. The van der Waals surface area contributed by atoms with Crippen molar-refractivity contribution in [2.75, 3.05) is 6.54 Å². The number of rotatable bonds is 5. The van der Waals surface area contributed by atoms with E-state index in [1.54, 1.807) is 11.8 Å². The molecule has 1 N–H and O–H groups in total. The lowest BCUT2D eigenvalue weighted by Gasteiger charge is -2.15. The van der Waals surface area contributed by atoms with Gasteiger partial charge in [0.1, 0.15) is 5.76 Å². The molecule has 1 saturated carbocycles. The fourth-order valence-corrected chi connectivity index (χ4v) is 3.06. The maximum absolute atomic E-state index is 5.58. The normalized spacial score (nSPS) is 18.8. The summed E-state index contributed by atoms with van der Waals surface area (Å²) in [4.78, 5) is 4.40. The molecule has 3 nitrogen and oxygen atoms in total. The van der Waals surface area contributed by atoms with Gasteiger partial charge in [0.15, 0.2) is 0 Å². The summed E-state index contributed by atoms with van der Waals surface area (Å²) in [6.07, 6.45) is 5.46. The van der Waals surface area contributed by atoms with Crippen molar-refractivity contribution in [2.45, 2.75) is 63.0 Å². The van der Waals surface area contributed by atoms with Crippen molar-refractivity contribution in [3.63, 3.8) is 0 Å². The lowest BCUT2D eigenvalue weighted by atomic mass is 10.2. The number of aryl methyl sites for hydroxylation is 2. The molecule has 0 radical (unpaired) electrons. The van der Waals surface area contributed by atoms with Gasteiger partial charge >= 0.3 is 0 Å². The first kappa shape index (κ1) is 13.0. The number of aromatic nitrogens is 1. The molecule has 96 valence electrons. The highest BCUT2D eigenvalue weighted by Gasteiger charge is 2.16. The molecule has 4 heteroatoms.